The zero-order valence-corrected chi connectivity index (χ0v) is 17.2. The summed E-state index contributed by atoms with van der Waals surface area (Å²) >= 11 is 0. The van der Waals surface area contributed by atoms with Crippen molar-refractivity contribution in [2.45, 2.75) is 19.3 Å². The number of hydrogen-bond donors (Lipinski definition) is 0. The largest absolute Gasteiger partial charge is 0.497 e. The van der Waals surface area contributed by atoms with Crippen molar-refractivity contribution in [2.24, 2.45) is 5.92 Å². The molecule has 2 aromatic carbocycles. The summed E-state index contributed by atoms with van der Waals surface area (Å²) in [6, 6.07) is 14.9. The number of hydrogen-bond acceptors (Lipinski definition) is 6. The summed E-state index contributed by atoms with van der Waals surface area (Å²) in [5, 5.41) is 4.11. The molecule has 7 heteroatoms. The lowest BCUT2D eigenvalue weighted by Gasteiger charge is -2.31. The highest BCUT2D eigenvalue weighted by molar-refractivity contribution is 5.94. The molecular weight excluding hydrogens is 382 g/mol. The summed E-state index contributed by atoms with van der Waals surface area (Å²) in [6.07, 6.45) is 2.54. The summed E-state index contributed by atoms with van der Waals surface area (Å²) < 4.78 is 15.9. The fourth-order valence-electron chi connectivity index (χ4n) is 3.74. The van der Waals surface area contributed by atoms with Crippen LogP contribution in [0.4, 0.5) is 0 Å². The van der Waals surface area contributed by atoms with E-state index in [1.54, 1.807) is 20.3 Å². The Kier molecular flexibility index (Phi) is 5.97. The van der Waals surface area contributed by atoms with E-state index in [0.29, 0.717) is 28.9 Å². The highest BCUT2D eigenvalue weighted by atomic mass is 16.5. The standard InChI is InChI=1S/C23H25N3O4/c1-28-19-7-3-5-17(14-19)22-24-21(30-25-22)13-16-9-11-26(12-10-16)23(27)18-6-4-8-20(15-18)29-2/h3-8,14-16H,9-13H2,1-2H3. The van der Waals surface area contributed by atoms with Gasteiger partial charge in [0.15, 0.2) is 0 Å². The number of benzene rings is 2. The average Bonchev–Trinajstić information content (AvgIpc) is 3.27. The monoisotopic (exact) mass is 407 g/mol. The van der Waals surface area contributed by atoms with Crippen LogP contribution in [0.5, 0.6) is 11.5 Å². The molecule has 30 heavy (non-hydrogen) atoms. The van der Waals surface area contributed by atoms with Crippen molar-refractivity contribution in [1.29, 1.82) is 0 Å². The second kappa shape index (κ2) is 8.98. The number of amides is 1. The van der Waals surface area contributed by atoms with Gasteiger partial charge in [-0.25, -0.2) is 0 Å². The molecule has 0 N–H and O–H groups in total. The molecule has 1 aliphatic rings. The van der Waals surface area contributed by atoms with Crippen LogP contribution in [0.25, 0.3) is 11.4 Å². The third-order valence-corrected chi connectivity index (χ3v) is 5.48. The maximum absolute atomic E-state index is 12.8. The number of carbonyl (C=O) groups is 1. The van der Waals surface area contributed by atoms with Crippen molar-refractivity contribution in [3.8, 4) is 22.9 Å². The van der Waals surface area contributed by atoms with E-state index in [4.69, 9.17) is 14.0 Å². The van der Waals surface area contributed by atoms with Gasteiger partial charge in [0.25, 0.3) is 5.91 Å². The summed E-state index contributed by atoms with van der Waals surface area (Å²) in [7, 11) is 3.23. The first-order valence-electron chi connectivity index (χ1n) is 10.1. The molecular formula is C23H25N3O4. The molecule has 4 rings (SSSR count). The molecule has 156 valence electrons. The van der Waals surface area contributed by atoms with E-state index >= 15 is 0 Å². The van der Waals surface area contributed by atoms with E-state index in [1.807, 2.05) is 47.4 Å². The number of nitrogens with zero attached hydrogens (tertiary/aromatic N) is 3. The van der Waals surface area contributed by atoms with Crippen LogP contribution in [-0.4, -0.2) is 48.3 Å². The third kappa shape index (κ3) is 4.45. The topological polar surface area (TPSA) is 77.7 Å². The summed E-state index contributed by atoms with van der Waals surface area (Å²) in [4.78, 5) is 19.2. The van der Waals surface area contributed by atoms with Crippen molar-refractivity contribution in [1.82, 2.24) is 15.0 Å². The van der Waals surface area contributed by atoms with Crippen LogP contribution in [0.1, 0.15) is 29.1 Å². The van der Waals surface area contributed by atoms with E-state index in [2.05, 4.69) is 10.1 Å². The molecule has 1 aliphatic heterocycles. The third-order valence-electron chi connectivity index (χ3n) is 5.48. The Labute approximate surface area is 175 Å². The van der Waals surface area contributed by atoms with Gasteiger partial charge in [-0.2, -0.15) is 4.98 Å². The molecule has 0 unspecified atom stereocenters. The van der Waals surface area contributed by atoms with Crippen molar-refractivity contribution < 1.29 is 18.8 Å². The Hall–Kier alpha value is -3.35. The summed E-state index contributed by atoms with van der Waals surface area (Å²) in [6.45, 7) is 1.44. The van der Waals surface area contributed by atoms with Crippen molar-refractivity contribution in [3.63, 3.8) is 0 Å². The Morgan fingerprint density at radius 3 is 2.50 bits per heavy atom. The lowest BCUT2D eigenvalue weighted by atomic mass is 9.93. The molecule has 0 bridgehead atoms. The molecule has 0 atom stereocenters. The van der Waals surface area contributed by atoms with Gasteiger partial charge < -0.3 is 18.9 Å². The van der Waals surface area contributed by atoms with E-state index in [1.165, 1.54) is 0 Å². The minimum atomic E-state index is 0.0467. The second-order valence-electron chi connectivity index (χ2n) is 7.42. The fourth-order valence-corrected chi connectivity index (χ4v) is 3.74. The second-order valence-corrected chi connectivity index (χ2v) is 7.42. The van der Waals surface area contributed by atoms with Gasteiger partial charge in [-0.1, -0.05) is 23.4 Å². The molecule has 1 aromatic heterocycles. The van der Waals surface area contributed by atoms with Crippen molar-refractivity contribution in [3.05, 3.63) is 60.0 Å². The van der Waals surface area contributed by atoms with Crippen LogP contribution >= 0.6 is 0 Å². The Morgan fingerprint density at radius 1 is 1.07 bits per heavy atom. The van der Waals surface area contributed by atoms with Crippen LogP contribution < -0.4 is 9.47 Å². The van der Waals surface area contributed by atoms with Gasteiger partial charge in [0.2, 0.25) is 11.7 Å². The molecule has 1 saturated heterocycles. The first-order chi connectivity index (χ1) is 14.7. The van der Waals surface area contributed by atoms with Gasteiger partial charge in [-0.3, -0.25) is 4.79 Å². The normalized spacial score (nSPS) is 14.5. The van der Waals surface area contributed by atoms with Gasteiger partial charge in [-0.15, -0.1) is 0 Å². The zero-order chi connectivity index (χ0) is 20.9. The number of rotatable bonds is 6. The minimum Gasteiger partial charge on any atom is -0.497 e. The minimum absolute atomic E-state index is 0.0467. The predicted octanol–water partition coefficient (Wildman–Crippen LogP) is 3.85. The van der Waals surface area contributed by atoms with Gasteiger partial charge in [0.05, 0.1) is 14.2 Å². The van der Waals surface area contributed by atoms with Crippen molar-refractivity contribution >= 4 is 5.91 Å². The number of aromatic nitrogens is 2. The van der Waals surface area contributed by atoms with Gasteiger partial charge >= 0.3 is 0 Å². The van der Waals surface area contributed by atoms with Crippen molar-refractivity contribution in [2.75, 3.05) is 27.3 Å². The van der Waals surface area contributed by atoms with Crippen LogP contribution in [0.2, 0.25) is 0 Å². The Bertz CT molecular complexity index is 1010. The SMILES string of the molecule is COc1cccc(C(=O)N2CCC(Cc3nc(-c4cccc(OC)c4)no3)CC2)c1. The lowest BCUT2D eigenvalue weighted by Crippen LogP contribution is -2.38. The lowest BCUT2D eigenvalue weighted by molar-refractivity contribution is 0.0687. The molecule has 0 radical (unpaired) electrons. The molecule has 3 aromatic rings. The molecule has 0 aliphatic carbocycles. The van der Waals surface area contributed by atoms with Gasteiger partial charge in [0.1, 0.15) is 11.5 Å². The highest BCUT2D eigenvalue weighted by Gasteiger charge is 2.25. The molecule has 2 heterocycles. The van der Waals surface area contributed by atoms with E-state index in [9.17, 15) is 4.79 Å². The average molecular weight is 407 g/mol. The Balaban J connectivity index is 1.34. The number of carbonyl (C=O) groups excluding carboxylic acids is 1. The molecule has 0 saturated carbocycles. The molecule has 1 amide bonds. The maximum Gasteiger partial charge on any atom is 0.253 e. The van der Waals surface area contributed by atoms with Gasteiger partial charge in [0, 0.05) is 30.6 Å². The first kappa shape index (κ1) is 19.9. The Morgan fingerprint density at radius 2 is 1.77 bits per heavy atom. The number of ether oxygens (including phenoxy) is 2. The molecule has 0 spiro atoms. The van der Waals surface area contributed by atoms with E-state index in [-0.39, 0.29) is 5.91 Å². The summed E-state index contributed by atoms with van der Waals surface area (Å²) in [5.74, 6) is 3.11. The smallest absolute Gasteiger partial charge is 0.253 e. The van der Waals surface area contributed by atoms with Crippen LogP contribution in [0, 0.1) is 5.92 Å². The highest BCUT2D eigenvalue weighted by Crippen LogP contribution is 2.25. The van der Waals surface area contributed by atoms with Gasteiger partial charge in [-0.05, 0) is 49.1 Å². The number of piperidine rings is 1. The molecule has 7 nitrogen and oxygen atoms in total. The number of likely N-dealkylation sites (tertiary alicyclic amines) is 1. The first-order valence-corrected chi connectivity index (χ1v) is 10.1. The fraction of sp³-hybridized carbons (Fsp3) is 0.348. The summed E-state index contributed by atoms with van der Waals surface area (Å²) in [5.41, 5.74) is 1.52. The number of methoxy groups -OCH3 is 2. The maximum atomic E-state index is 12.8. The van der Waals surface area contributed by atoms with Crippen LogP contribution in [-0.2, 0) is 6.42 Å². The van der Waals surface area contributed by atoms with Crippen LogP contribution in [0.15, 0.2) is 53.1 Å². The predicted molar refractivity (Wildman–Crippen MR) is 112 cm³/mol. The molecule has 1 fully saturated rings. The van der Waals surface area contributed by atoms with E-state index in [0.717, 1.165) is 43.7 Å². The zero-order valence-electron chi connectivity index (χ0n) is 17.2. The van der Waals surface area contributed by atoms with Crippen LogP contribution in [0.3, 0.4) is 0 Å². The van der Waals surface area contributed by atoms with E-state index < -0.39 is 0 Å². The quantitative estimate of drug-likeness (QED) is 0.618.